The summed E-state index contributed by atoms with van der Waals surface area (Å²) in [6.45, 7) is 17.7. The normalized spacial score (nSPS) is 51.1. The fourth-order valence-corrected chi connectivity index (χ4v) is 15.5. The zero-order valence-corrected chi connectivity index (χ0v) is 43.1. The lowest BCUT2D eigenvalue weighted by Gasteiger charge is -2.72. The molecule has 7 fully saturated rings. The average molecular weight is 1030 g/mol. The first-order valence-electron chi connectivity index (χ1n) is 25.9. The van der Waals surface area contributed by atoms with Crippen LogP contribution in [0.15, 0.2) is 23.3 Å². The van der Waals surface area contributed by atoms with Gasteiger partial charge in [0.1, 0.15) is 67.1 Å². The van der Waals surface area contributed by atoms with Crippen molar-refractivity contribution in [1.82, 2.24) is 0 Å². The molecule has 0 aromatic heterocycles. The predicted molar refractivity (Wildman–Crippen MR) is 251 cm³/mol. The zero-order chi connectivity index (χ0) is 53.0. The lowest BCUT2D eigenvalue weighted by Crippen LogP contribution is -2.70. The van der Waals surface area contributed by atoms with Gasteiger partial charge in [-0.2, -0.15) is 0 Å². The van der Waals surface area contributed by atoms with Crippen molar-refractivity contribution in [2.24, 2.45) is 50.2 Å². The number of carbonyl (C=O) groups is 2. The van der Waals surface area contributed by atoms with Gasteiger partial charge in [-0.05, 0) is 110 Å². The number of carboxylic acids is 1. The van der Waals surface area contributed by atoms with E-state index in [2.05, 4.69) is 54.5 Å². The second kappa shape index (κ2) is 20.0. The molecule has 0 spiro atoms. The Kier molecular flexibility index (Phi) is 15.5. The Hall–Kier alpha value is -2.22. The molecule has 3 heterocycles. The third-order valence-electron chi connectivity index (χ3n) is 20.0. The molecule has 3 saturated heterocycles. The van der Waals surface area contributed by atoms with E-state index in [0.717, 1.165) is 12.8 Å². The number of ether oxygens (including phenoxy) is 7. The summed E-state index contributed by atoms with van der Waals surface area (Å²) >= 11 is 0. The van der Waals surface area contributed by atoms with Gasteiger partial charge in [0, 0.05) is 5.57 Å². The van der Waals surface area contributed by atoms with Crippen molar-refractivity contribution in [3.63, 3.8) is 0 Å². The minimum absolute atomic E-state index is 0.0344. The second-order valence-corrected chi connectivity index (χ2v) is 24.7. The number of allylic oxidation sites excluding steroid dienone is 3. The van der Waals surface area contributed by atoms with Gasteiger partial charge in [0.25, 0.3) is 0 Å². The van der Waals surface area contributed by atoms with E-state index in [-0.39, 0.29) is 47.2 Å². The molecular formula is C52H82O20. The standard InChI is InChI=1S/C52H82O20/c1-10-23(2)43(65)69-32-19-47(3,4)17-25-24-11-12-29-49(7)15-14-31(70-46-39(62)40(38(61)41(72-46)42(63)64)71-45-37(60)35(58)34(57)27(20-53)68-45)48(5,6)28(49)13-16-50(29,8)51(24,9)18-30(55)52(25,32)22-67-44-36(59)33(56)26(54)21-66-44/h10-11,25-41,44-46,53-62H,12-22H2,1-9H3,(H,63,64). The minimum Gasteiger partial charge on any atom is -0.479 e. The quantitative estimate of drug-likeness (QED) is 0.0590. The van der Waals surface area contributed by atoms with Gasteiger partial charge in [0.2, 0.25) is 0 Å². The van der Waals surface area contributed by atoms with E-state index in [4.69, 9.17) is 33.2 Å². The van der Waals surface area contributed by atoms with Gasteiger partial charge in [-0.1, -0.05) is 66.2 Å². The molecule has 3 aliphatic heterocycles. The van der Waals surface area contributed by atoms with Crippen molar-refractivity contribution in [1.29, 1.82) is 0 Å². The summed E-state index contributed by atoms with van der Waals surface area (Å²) in [5, 5.41) is 119. The summed E-state index contributed by atoms with van der Waals surface area (Å²) in [5.74, 6) is -2.28. The molecule has 24 atom stereocenters. The molecule has 20 heteroatoms. The molecule has 8 aliphatic rings. The zero-order valence-electron chi connectivity index (χ0n) is 43.1. The Balaban J connectivity index is 1.08. The van der Waals surface area contributed by atoms with Crippen LogP contribution in [0, 0.1) is 50.2 Å². The Morgan fingerprint density at radius 1 is 0.750 bits per heavy atom. The van der Waals surface area contributed by atoms with Gasteiger partial charge in [-0.25, -0.2) is 9.59 Å². The van der Waals surface area contributed by atoms with E-state index in [1.165, 1.54) is 5.57 Å². The van der Waals surface area contributed by atoms with Crippen LogP contribution in [0.5, 0.6) is 0 Å². The highest BCUT2D eigenvalue weighted by molar-refractivity contribution is 5.87. The summed E-state index contributed by atoms with van der Waals surface area (Å²) in [6.07, 6.45) is -17.1. The smallest absolute Gasteiger partial charge is 0.335 e. The predicted octanol–water partition coefficient (Wildman–Crippen LogP) is 0.804. The van der Waals surface area contributed by atoms with Crippen molar-refractivity contribution < 1.29 is 98.9 Å². The molecule has 0 radical (unpaired) electrons. The van der Waals surface area contributed by atoms with Gasteiger partial charge in [0.15, 0.2) is 25.0 Å². The van der Waals surface area contributed by atoms with Gasteiger partial charge >= 0.3 is 11.9 Å². The Morgan fingerprint density at radius 3 is 2.07 bits per heavy atom. The molecule has 0 aromatic rings. The molecule has 0 amide bonds. The maximum Gasteiger partial charge on any atom is 0.335 e. The molecule has 72 heavy (non-hydrogen) atoms. The highest BCUT2D eigenvalue weighted by Crippen LogP contribution is 2.76. The molecule has 20 nitrogen and oxygen atoms in total. The van der Waals surface area contributed by atoms with E-state index in [1.54, 1.807) is 19.9 Å². The van der Waals surface area contributed by atoms with E-state index >= 15 is 0 Å². The Bertz CT molecular complexity index is 2060. The Labute approximate surface area is 421 Å². The fourth-order valence-electron chi connectivity index (χ4n) is 15.5. The van der Waals surface area contributed by atoms with Crippen LogP contribution in [-0.4, -0.2) is 192 Å². The fraction of sp³-hybridized carbons (Fsp3) is 0.885. The maximum absolute atomic E-state index is 13.7. The molecule has 5 aliphatic carbocycles. The number of hydrogen-bond donors (Lipinski definition) is 11. The topological polar surface area (TPSA) is 321 Å². The number of aliphatic hydroxyl groups is 10. The number of hydrogen-bond acceptors (Lipinski definition) is 19. The van der Waals surface area contributed by atoms with Crippen LogP contribution < -0.4 is 0 Å². The number of esters is 1. The van der Waals surface area contributed by atoms with Crippen LogP contribution in [0.4, 0.5) is 0 Å². The first-order chi connectivity index (χ1) is 33.5. The van der Waals surface area contributed by atoms with Crippen LogP contribution in [-0.2, 0) is 42.7 Å². The average Bonchev–Trinajstić information content (AvgIpc) is 3.30. The summed E-state index contributed by atoms with van der Waals surface area (Å²) in [7, 11) is 0. The van der Waals surface area contributed by atoms with Gasteiger partial charge < -0.3 is 89.3 Å². The molecule has 410 valence electrons. The lowest BCUT2D eigenvalue weighted by molar-refractivity contribution is -0.365. The summed E-state index contributed by atoms with van der Waals surface area (Å²) in [5.41, 5.74) is -1.76. The number of rotatable bonds is 11. The highest BCUT2D eigenvalue weighted by atomic mass is 16.7. The molecule has 4 saturated carbocycles. The van der Waals surface area contributed by atoms with Crippen molar-refractivity contribution in [3.8, 4) is 0 Å². The number of carbonyl (C=O) groups excluding carboxylic acids is 1. The van der Waals surface area contributed by atoms with E-state index < -0.39 is 139 Å². The number of fused-ring (bicyclic) bond motifs is 7. The van der Waals surface area contributed by atoms with E-state index in [0.29, 0.717) is 44.1 Å². The first kappa shape index (κ1) is 56.0. The molecule has 11 N–H and O–H groups in total. The summed E-state index contributed by atoms with van der Waals surface area (Å²) in [6, 6.07) is 0. The third-order valence-corrected chi connectivity index (χ3v) is 20.0. The van der Waals surface area contributed by atoms with Crippen molar-refractivity contribution in [3.05, 3.63) is 23.3 Å². The number of carboxylic acid groups (broad SMARTS) is 1. The van der Waals surface area contributed by atoms with E-state index in [9.17, 15) is 65.8 Å². The van der Waals surface area contributed by atoms with Crippen molar-refractivity contribution in [2.75, 3.05) is 19.8 Å². The second-order valence-electron chi connectivity index (χ2n) is 24.7. The van der Waals surface area contributed by atoms with Gasteiger partial charge in [-0.15, -0.1) is 0 Å². The van der Waals surface area contributed by atoms with E-state index in [1.807, 2.05) is 0 Å². The molecule has 0 bridgehead atoms. The molecule has 0 aromatic carbocycles. The monoisotopic (exact) mass is 1030 g/mol. The maximum atomic E-state index is 13.7. The SMILES string of the molecule is CC=C(C)C(=O)OC1CC(C)(C)CC2C3=CCC4C5(C)CCC(OC6OC(C(=O)O)C(O)C(OC7OC(CO)C(O)C(O)C7O)C6O)C(C)(C)C5CCC4(C)C3(C)CC(O)C12COC1OCC(O)C(O)C1O. The van der Waals surface area contributed by atoms with Crippen molar-refractivity contribution in [2.45, 2.75) is 218 Å². The van der Waals surface area contributed by atoms with Crippen LogP contribution in [0.3, 0.4) is 0 Å². The third kappa shape index (κ3) is 8.95. The van der Waals surface area contributed by atoms with Crippen molar-refractivity contribution >= 4 is 11.9 Å². The number of aliphatic hydroxyl groups excluding tert-OH is 10. The summed E-state index contributed by atoms with van der Waals surface area (Å²) in [4.78, 5) is 26.2. The Morgan fingerprint density at radius 2 is 1.42 bits per heavy atom. The lowest BCUT2D eigenvalue weighted by atomic mass is 9.33. The molecule has 8 rings (SSSR count). The summed E-state index contributed by atoms with van der Waals surface area (Å²) < 4.78 is 42.2. The van der Waals surface area contributed by atoms with Crippen LogP contribution in [0.2, 0.25) is 0 Å². The van der Waals surface area contributed by atoms with Gasteiger partial charge in [-0.3, -0.25) is 0 Å². The van der Waals surface area contributed by atoms with Crippen LogP contribution in [0.1, 0.15) is 114 Å². The molecular weight excluding hydrogens is 945 g/mol. The highest BCUT2D eigenvalue weighted by Gasteiger charge is 2.72. The van der Waals surface area contributed by atoms with Crippen LogP contribution in [0.25, 0.3) is 0 Å². The largest absolute Gasteiger partial charge is 0.479 e. The van der Waals surface area contributed by atoms with Crippen LogP contribution >= 0.6 is 0 Å². The minimum atomic E-state index is -1.99. The first-order valence-corrected chi connectivity index (χ1v) is 25.9. The number of aliphatic carboxylic acids is 1. The molecule has 24 unspecified atom stereocenters. The van der Waals surface area contributed by atoms with Gasteiger partial charge in [0.05, 0.1) is 37.4 Å².